The second-order valence-electron chi connectivity index (χ2n) is 5.15. The van der Waals surface area contributed by atoms with Crippen molar-refractivity contribution in [3.05, 3.63) is 41.6 Å². The van der Waals surface area contributed by atoms with Crippen molar-refractivity contribution >= 4 is 22.3 Å². The lowest BCUT2D eigenvalue weighted by atomic mass is 10.2. The first-order chi connectivity index (χ1) is 10.4. The summed E-state index contributed by atoms with van der Waals surface area (Å²) in [6.45, 7) is 4.71. The zero-order valence-corrected chi connectivity index (χ0v) is 12.4. The summed E-state index contributed by atoms with van der Waals surface area (Å²) in [5.74, 6) is 0. The first kappa shape index (κ1) is 13.0. The Balaban J connectivity index is 1.60. The number of nitrogens with zero attached hydrogens (tertiary/aromatic N) is 2. The molecule has 4 rings (SSSR count). The van der Waals surface area contributed by atoms with Gasteiger partial charge in [0.25, 0.3) is 0 Å². The molecule has 4 heterocycles. The largest absolute Gasteiger partial charge is 0.464 e. The number of fused-ring (bicyclic) bond motifs is 1. The number of morpholine rings is 1. The topological polar surface area (TPSA) is 38.5 Å². The van der Waals surface area contributed by atoms with Crippen LogP contribution in [0.5, 0.6) is 0 Å². The van der Waals surface area contributed by atoms with Gasteiger partial charge in [0.05, 0.1) is 30.0 Å². The molecule has 1 saturated heterocycles. The SMILES string of the molecule is c1cc2occc2c(-c2ccc(CN3CCOCC3)s2)n1. The Hall–Kier alpha value is -1.69. The van der Waals surface area contributed by atoms with Crippen LogP contribution in [0.25, 0.3) is 21.5 Å². The fourth-order valence-corrected chi connectivity index (χ4v) is 3.72. The van der Waals surface area contributed by atoms with E-state index in [9.17, 15) is 0 Å². The van der Waals surface area contributed by atoms with Crippen molar-refractivity contribution < 1.29 is 9.15 Å². The molecule has 0 radical (unpaired) electrons. The lowest BCUT2D eigenvalue weighted by Crippen LogP contribution is -2.35. The minimum absolute atomic E-state index is 0.841. The molecule has 0 aliphatic carbocycles. The predicted octanol–water partition coefficient (Wildman–Crippen LogP) is 3.39. The average molecular weight is 300 g/mol. The lowest BCUT2D eigenvalue weighted by molar-refractivity contribution is 0.0346. The minimum atomic E-state index is 0.841. The van der Waals surface area contributed by atoms with Crippen LogP contribution < -0.4 is 0 Å². The molecule has 0 amide bonds. The summed E-state index contributed by atoms with van der Waals surface area (Å²) in [6, 6.07) is 8.26. The second-order valence-corrected chi connectivity index (χ2v) is 6.31. The number of furan rings is 1. The number of thiophene rings is 1. The highest BCUT2D eigenvalue weighted by Crippen LogP contribution is 2.32. The smallest absolute Gasteiger partial charge is 0.137 e. The van der Waals surface area contributed by atoms with Crippen LogP contribution in [-0.4, -0.2) is 36.2 Å². The van der Waals surface area contributed by atoms with Crippen LogP contribution in [0, 0.1) is 0 Å². The molecule has 1 aliphatic heterocycles. The van der Waals surface area contributed by atoms with Gasteiger partial charge in [0.2, 0.25) is 0 Å². The Bertz CT molecular complexity index is 743. The van der Waals surface area contributed by atoms with Crippen molar-refractivity contribution in [1.82, 2.24) is 9.88 Å². The van der Waals surface area contributed by atoms with Gasteiger partial charge in [-0.2, -0.15) is 0 Å². The van der Waals surface area contributed by atoms with Crippen LogP contribution in [0.1, 0.15) is 4.88 Å². The van der Waals surface area contributed by atoms with Gasteiger partial charge in [0.15, 0.2) is 0 Å². The maximum absolute atomic E-state index is 5.45. The van der Waals surface area contributed by atoms with Gasteiger partial charge >= 0.3 is 0 Å². The van der Waals surface area contributed by atoms with E-state index in [2.05, 4.69) is 22.0 Å². The molecule has 1 fully saturated rings. The van der Waals surface area contributed by atoms with E-state index in [0.29, 0.717) is 0 Å². The Kier molecular flexibility index (Phi) is 3.47. The molecular formula is C16H16N2O2S. The van der Waals surface area contributed by atoms with Gasteiger partial charge < -0.3 is 9.15 Å². The van der Waals surface area contributed by atoms with E-state index in [1.807, 2.05) is 29.7 Å². The van der Waals surface area contributed by atoms with E-state index in [1.165, 1.54) is 9.75 Å². The van der Waals surface area contributed by atoms with E-state index in [-0.39, 0.29) is 0 Å². The fraction of sp³-hybridized carbons (Fsp3) is 0.312. The molecule has 3 aromatic rings. The predicted molar refractivity (Wildman–Crippen MR) is 83.4 cm³/mol. The standard InChI is InChI=1S/C16H16N2O2S/c1-2-15(16-13-4-8-20-14(13)3-5-17-16)21-12(1)11-18-6-9-19-10-7-18/h1-5,8H,6-7,9-11H2. The van der Waals surface area contributed by atoms with Crippen LogP contribution in [0.4, 0.5) is 0 Å². The number of aromatic nitrogens is 1. The van der Waals surface area contributed by atoms with Gasteiger partial charge in [0.1, 0.15) is 5.58 Å². The number of hydrogen-bond donors (Lipinski definition) is 0. The maximum atomic E-state index is 5.45. The van der Waals surface area contributed by atoms with E-state index in [0.717, 1.165) is 49.5 Å². The molecule has 0 unspecified atom stereocenters. The van der Waals surface area contributed by atoms with E-state index in [1.54, 1.807) is 6.26 Å². The van der Waals surface area contributed by atoms with Crippen molar-refractivity contribution in [3.63, 3.8) is 0 Å². The molecule has 4 nitrogen and oxygen atoms in total. The van der Waals surface area contributed by atoms with Crippen molar-refractivity contribution in [2.45, 2.75) is 6.54 Å². The van der Waals surface area contributed by atoms with Crippen molar-refractivity contribution in [1.29, 1.82) is 0 Å². The van der Waals surface area contributed by atoms with Gasteiger partial charge in [-0.3, -0.25) is 9.88 Å². The number of hydrogen-bond acceptors (Lipinski definition) is 5. The molecule has 21 heavy (non-hydrogen) atoms. The second kappa shape index (κ2) is 5.60. The van der Waals surface area contributed by atoms with Crippen molar-refractivity contribution in [3.8, 4) is 10.6 Å². The van der Waals surface area contributed by atoms with E-state index < -0.39 is 0 Å². The lowest BCUT2D eigenvalue weighted by Gasteiger charge is -2.25. The number of ether oxygens (including phenoxy) is 1. The molecular weight excluding hydrogens is 284 g/mol. The zero-order valence-electron chi connectivity index (χ0n) is 11.6. The van der Waals surface area contributed by atoms with Gasteiger partial charge in [-0.05, 0) is 24.3 Å². The van der Waals surface area contributed by atoms with Crippen molar-refractivity contribution in [2.75, 3.05) is 26.3 Å². The zero-order chi connectivity index (χ0) is 14.1. The molecule has 5 heteroatoms. The number of pyridine rings is 1. The highest BCUT2D eigenvalue weighted by Gasteiger charge is 2.14. The fourth-order valence-electron chi connectivity index (χ4n) is 2.66. The quantitative estimate of drug-likeness (QED) is 0.743. The Morgan fingerprint density at radius 2 is 2.05 bits per heavy atom. The molecule has 108 valence electrons. The summed E-state index contributed by atoms with van der Waals surface area (Å²) >= 11 is 1.81. The van der Waals surface area contributed by atoms with E-state index >= 15 is 0 Å². The summed E-state index contributed by atoms with van der Waals surface area (Å²) < 4.78 is 10.8. The molecule has 0 aromatic carbocycles. The van der Waals surface area contributed by atoms with Crippen molar-refractivity contribution in [2.24, 2.45) is 0 Å². The molecule has 3 aromatic heterocycles. The van der Waals surface area contributed by atoms with Crippen LogP contribution in [0.3, 0.4) is 0 Å². The summed E-state index contributed by atoms with van der Waals surface area (Å²) in [7, 11) is 0. The van der Waals surface area contributed by atoms with Gasteiger partial charge in [0, 0.05) is 36.1 Å². The number of rotatable bonds is 3. The Morgan fingerprint density at radius 3 is 2.95 bits per heavy atom. The summed E-state index contributed by atoms with van der Waals surface area (Å²) in [5, 5.41) is 1.08. The first-order valence-corrected chi connectivity index (χ1v) is 7.93. The third kappa shape index (κ3) is 2.60. The van der Waals surface area contributed by atoms with Gasteiger partial charge in [-0.25, -0.2) is 0 Å². The van der Waals surface area contributed by atoms with Crippen LogP contribution in [0.2, 0.25) is 0 Å². The summed E-state index contributed by atoms with van der Waals surface area (Å²) in [4.78, 5) is 9.53. The third-order valence-corrected chi connectivity index (χ3v) is 4.83. The minimum Gasteiger partial charge on any atom is -0.464 e. The monoisotopic (exact) mass is 300 g/mol. The van der Waals surface area contributed by atoms with E-state index in [4.69, 9.17) is 9.15 Å². The molecule has 0 spiro atoms. The summed E-state index contributed by atoms with van der Waals surface area (Å²) in [5.41, 5.74) is 1.91. The Morgan fingerprint density at radius 1 is 1.14 bits per heavy atom. The maximum Gasteiger partial charge on any atom is 0.137 e. The summed E-state index contributed by atoms with van der Waals surface area (Å²) in [6.07, 6.45) is 3.53. The first-order valence-electron chi connectivity index (χ1n) is 7.11. The Labute approximate surface area is 127 Å². The van der Waals surface area contributed by atoms with Crippen LogP contribution in [-0.2, 0) is 11.3 Å². The highest BCUT2D eigenvalue weighted by molar-refractivity contribution is 7.15. The van der Waals surface area contributed by atoms with Crippen LogP contribution in [0.15, 0.2) is 41.1 Å². The molecule has 0 saturated carbocycles. The average Bonchev–Trinajstić information content (AvgIpc) is 3.16. The van der Waals surface area contributed by atoms with Gasteiger partial charge in [-0.1, -0.05) is 0 Å². The third-order valence-electron chi connectivity index (χ3n) is 3.76. The highest BCUT2D eigenvalue weighted by atomic mass is 32.1. The molecule has 0 atom stereocenters. The van der Waals surface area contributed by atoms with Crippen LogP contribution >= 0.6 is 11.3 Å². The molecule has 0 bridgehead atoms. The molecule has 1 aliphatic rings. The molecule has 0 N–H and O–H groups in total. The normalized spacial score (nSPS) is 16.6. The van der Waals surface area contributed by atoms with Gasteiger partial charge in [-0.15, -0.1) is 11.3 Å².